The molecule has 0 heterocycles. The largest absolute Gasteiger partial charge is 0.414 e. The molecule has 5 heteroatoms. The van der Waals surface area contributed by atoms with Crippen LogP contribution >= 0.6 is 0 Å². The van der Waals surface area contributed by atoms with Gasteiger partial charge in [-0.1, -0.05) is 93.6 Å². The predicted molar refractivity (Wildman–Crippen MR) is 158 cm³/mol. The molecule has 1 atom stereocenters. The first-order chi connectivity index (χ1) is 17.6. The number of anilines is 2. The first kappa shape index (κ1) is 26.9. The van der Waals surface area contributed by atoms with E-state index in [0.717, 1.165) is 41.8 Å². The van der Waals surface area contributed by atoms with Gasteiger partial charge in [0.25, 0.3) is 0 Å². The van der Waals surface area contributed by atoms with Crippen molar-refractivity contribution >= 4 is 31.3 Å². The third-order valence-corrected chi connectivity index (χ3v) is 12.2. The zero-order valence-corrected chi connectivity index (χ0v) is 23.8. The van der Waals surface area contributed by atoms with E-state index in [0.29, 0.717) is 6.54 Å². The Hall–Kier alpha value is -3.15. The SMILES string of the molecule is CC(C)(C)[Si](C)(C)OC1CC=C(c2ccccc2N(Cc2ccccc2)C(=O)Nc2ccccc2)CC1. The van der Waals surface area contributed by atoms with Gasteiger partial charge in [-0.2, -0.15) is 0 Å². The number of rotatable bonds is 7. The molecule has 0 spiro atoms. The second-order valence-electron chi connectivity index (χ2n) is 11.4. The van der Waals surface area contributed by atoms with Crippen molar-refractivity contribution in [2.24, 2.45) is 0 Å². The van der Waals surface area contributed by atoms with E-state index in [9.17, 15) is 4.79 Å². The van der Waals surface area contributed by atoms with Crippen LogP contribution in [0.3, 0.4) is 0 Å². The molecule has 4 nitrogen and oxygen atoms in total. The van der Waals surface area contributed by atoms with Gasteiger partial charge in [-0.15, -0.1) is 0 Å². The lowest BCUT2D eigenvalue weighted by Crippen LogP contribution is -2.44. The summed E-state index contributed by atoms with van der Waals surface area (Å²) < 4.78 is 6.71. The zero-order chi connectivity index (χ0) is 26.5. The summed E-state index contributed by atoms with van der Waals surface area (Å²) in [4.78, 5) is 15.5. The summed E-state index contributed by atoms with van der Waals surface area (Å²) in [5.74, 6) is 0. The van der Waals surface area contributed by atoms with Crippen LogP contribution in [0.15, 0.2) is 91.0 Å². The summed E-state index contributed by atoms with van der Waals surface area (Å²) in [6, 6.07) is 27.9. The molecule has 3 aromatic carbocycles. The minimum atomic E-state index is -1.81. The van der Waals surface area contributed by atoms with Crippen LogP contribution in [0.4, 0.5) is 16.2 Å². The van der Waals surface area contributed by atoms with Crippen LogP contribution in [0.5, 0.6) is 0 Å². The van der Waals surface area contributed by atoms with E-state index in [2.05, 4.69) is 75.6 Å². The van der Waals surface area contributed by atoms with Gasteiger partial charge >= 0.3 is 6.03 Å². The van der Waals surface area contributed by atoms with E-state index in [1.54, 1.807) is 0 Å². The minimum Gasteiger partial charge on any atom is -0.414 e. The number of carbonyl (C=O) groups is 1. The standard InChI is InChI=1S/C32H40N2O2Si/c1-32(2,3)37(4,5)36-28-22-20-26(21-23-28)29-18-12-13-19-30(29)34(24-25-14-8-6-9-15-25)31(35)33-27-16-10-7-11-17-27/h6-20,28H,21-24H2,1-5H3,(H,33,35). The van der Waals surface area contributed by atoms with E-state index in [-0.39, 0.29) is 17.2 Å². The van der Waals surface area contributed by atoms with E-state index in [4.69, 9.17) is 4.43 Å². The van der Waals surface area contributed by atoms with Gasteiger partial charge in [0.05, 0.1) is 12.2 Å². The van der Waals surface area contributed by atoms with Crippen molar-refractivity contribution in [3.8, 4) is 0 Å². The average molecular weight is 513 g/mol. The Morgan fingerprint density at radius 1 is 0.946 bits per heavy atom. The van der Waals surface area contributed by atoms with Gasteiger partial charge in [0.1, 0.15) is 0 Å². The highest BCUT2D eigenvalue weighted by atomic mass is 28.4. The van der Waals surface area contributed by atoms with Crippen LogP contribution in [0.2, 0.25) is 18.1 Å². The third-order valence-electron chi connectivity index (χ3n) is 7.62. The number of allylic oxidation sites excluding steroid dienone is 1. The Bertz CT molecular complexity index is 1220. The maximum absolute atomic E-state index is 13.6. The minimum absolute atomic E-state index is 0.141. The van der Waals surface area contributed by atoms with Gasteiger partial charge in [-0.25, -0.2) is 4.79 Å². The molecule has 1 aliphatic carbocycles. The van der Waals surface area contributed by atoms with Crippen LogP contribution in [-0.2, 0) is 11.0 Å². The smallest absolute Gasteiger partial charge is 0.326 e. The topological polar surface area (TPSA) is 41.6 Å². The molecule has 2 amide bonds. The number of urea groups is 1. The van der Waals surface area contributed by atoms with Crippen molar-refractivity contribution in [2.45, 2.75) is 70.8 Å². The van der Waals surface area contributed by atoms with Gasteiger partial charge in [-0.05, 0) is 66.7 Å². The lowest BCUT2D eigenvalue weighted by molar-refractivity contribution is 0.172. The van der Waals surface area contributed by atoms with E-state index in [1.165, 1.54) is 5.57 Å². The van der Waals surface area contributed by atoms with Crippen molar-refractivity contribution in [3.05, 3.63) is 102 Å². The summed E-state index contributed by atoms with van der Waals surface area (Å²) in [5, 5.41) is 3.29. The summed E-state index contributed by atoms with van der Waals surface area (Å²) in [6.45, 7) is 12.0. The Morgan fingerprint density at radius 3 is 2.19 bits per heavy atom. The zero-order valence-electron chi connectivity index (χ0n) is 22.8. The number of nitrogens with one attached hydrogen (secondary N) is 1. The molecule has 1 unspecified atom stereocenters. The van der Waals surface area contributed by atoms with Crippen molar-refractivity contribution in [1.29, 1.82) is 0 Å². The monoisotopic (exact) mass is 512 g/mol. The van der Waals surface area contributed by atoms with Gasteiger partial charge < -0.3 is 9.74 Å². The Morgan fingerprint density at radius 2 is 1.57 bits per heavy atom. The maximum atomic E-state index is 13.6. The van der Waals surface area contributed by atoms with Crippen LogP contribution < -0.4 is 10.2 Å². The number of nitrogens with zero attached hydrogens (tertiary/aromatic N) is 1. The van der Waals surface area contributed by atoms with Crippen LogP contribution in [0.25, 0.3) is 5.57 Å². The van der Waals surface area contributed by atoms with Crippen LogP contribution in [-0.4, -0.2) is 20.5 Å². The fraction of sp³-hybridized carbons (Fsp3) is 0.344. The average Bonchev–Trinajstić information content (AvgIpc) is 2.88. The Labute approximate surface area is 223 Å². The van der Waals surface area contributed by atoms with Gasteiger partial charge in [0.15, 0.2) is 8.32 Å². The first-order valence-electron chi connectivity index (χ1n) is 13.3. The van der Waals surface area contributed by atoms with E-state index < -0.39 is 8.32 Å². The van der Waals surface area contributed by atoms with Gasteiger partial charge in [0.2, 0.25) is 0 Å². The van der Waals surface area contributed by atoms with E-state index >= 15 is 0 Å². The molecule has 0 saturated carbocycles. The molecule has 194 valence electrons. The highest BCUT2D eigenvalue weighted by Gasteiger charge is 2.39. The van der Waals surface area contributed by atoms with Crippen LogP contribution in [0, 0.1) is 0 Å². The van der Waals surface area contributed by atoms with Gasteiger partial charge in [-0.3, -0.25) is 4.90 Å². The fourth-order valence-corrected chi connectivity index (χ4v) is 5.88. The molecule has 37 heavy (non-hydrogen) atoms. The molecular formula is C32H40N2O2Si. The summed E-state index contributed by atoms with van der Waals surface area (Å²) >= 11 is 0. The molecule has 1 aliphatic rings. The lowest BCUT2D eigenvalue weighted by atomic mass is 9.91. The predicted octanol–water partition coefficient (Wildman–Crippen LogP) is 8.88. The molecule has 0 bridgehead atoms. The Balaban J connectivity index is 1.61. The fourth-order valence-electron chi connectivity index (χ4n) is 4.48. The number of carbonyl (C=O) groups excluding carboxylic acids is 1. The maximum Gasteiger partial charge on any atom is 0.326 e. The normalized spacial score (nSPS) is 16.1. The highest BCUT2D eigenvalue weighted by molar-refractivity contribution is 6.74. The number of benzene rings is 3. The molecule has 0 aromatic heterocycles. The van der Waals surface area contributed by atoms with Crippen molar-refractivity contribution in [2.75, 3.05) is 10.2 Å². The van der Waals surface area contributed by atoms with Crippen molar-refractivity contribution in [1.82, 2.24) is 0 Å². The number of hydrogen-bond donors (Lipinski definition) is 1. The molecule has 1 N–H and O–H groups in total. The lowest BCUT2D eigenvalue weighted by Gasteiger charge is -2.40. The highest BCUT2D eigenvalue weighted by Crippen LogP contribution is 2.40. The molecular weight excluding hydrogens is 472 g/mol. The van der Waals surface area contributed by atoms with E-state index in [1.807, 2.05) is 59.5 Å². The van der Waals surface area contributed by atoms with Crippen LogP contribution in [0.1, 0.15) is 51.2 Å². The number of para-hydroxylation sites is 2. The number of amides is 2. The molecule has 0 saturated heterocycles. The molecule has 0 aliphatic heterocycles. The summed E-state index contributed by atoms with van der Waals surface area (Å²) in [7, 11) is -1.81. The summed E-state index contributed by atoms with van der Waals surface area (Å²) in [5.41, 5.74) is 5.20. The second-order valence-corrected chi connectivity index (χ2v) is 16.1. The summed E-state index contributed by atoms with van der Waals surface area (Å²) in [6.07, 6.45) is 5.44. The molecule has 0 radical (unpaired) electrons. The number of hydrogen-bond acceptors (Lipinski definition) is 2. The quantitative estimate of drug-likeness (QED) is 0.321. The third kappa shape index (κ3) is 6.79. The molecule has 3 aromatic rings. The van der Waals surface area contributed by atoms with Gasteiger partial charge in [0, 0.05) is 17.4 Å². The molecule has 0 fully saturated rings. The molecule has 4 rings (SSSR count). The van der Waals surface area contributed by atoms with Crippen molar-refractivity contribution < 1.29 is 9.22 Å². The Kier molecular flexibility index (Phi) is 8.35. The first-order valence-corrected chi connectivity index (χ1v) is 16.2. The van der Waals surface area contributed by atoms with Crippen molar-refractivity contribution in [3.63, 3.8) is 0 Å². The second kappa shape index (κ2) is 11.5.